The molecular formula is C23H21F3N2O2S. The minimum atomic E-state index is -4.35. The molecule has 4 nitrogen and oxygen atoms in total. The number of fused-ring (bicyclic) bond motifs is 1. The fourth-order valence-electron chi connectivity index (χ4n) is 3.46. The topological polar surface area (TPSA) is 41.6 Å². The van der Waals surface area contributed by atoms with Crippen LogP contribution in [0.2, 0.25) is 0 Å². The van der Waals surface area contributed by atoms with Crippen LogP contribution < -0.4 is 10.2 Å². The molecule has 0 saturated carbocycles. The highest BCUT2D eigenvalue weighted by Gasteiger charge is 2.27. The number of carbonyl (C=O) groups is 1. The zero-order chi connectivity index (χ0) is 21.8. The summed E-state index contributed by atoms with van der Waals surface area (Å²) in [5, 5.41) is 4.98. The predicted octanol–water partition coefficient (Wildman–Crippen LogP) is 5.64. The highest BCUT2D eigenvalue weighted by molar-refractivity contribution is 7.10. The maximum Gasteiger partial charge on any atom is 0.411 e. The zero-order valence-corrected chi connectivity index (χ0v) is 17.4. The molecule has 0 unspecified atom stereocenters. The van der Waals surface area contributed by atoms with Gasteiger partial charge in [-0.15, -0.1) is 11.3 Å². The maximum atomic E-state index is 12.5. The molecule has 3 aromatic rings. The average Bonchev–Trinajstić information content (AvgIpc) is 3.22. The first kappa shape index (κ1) is 21.4. The van der Waals surface area contributed by atoms with Crippen molar-refractivity contribution >= 4 is 28.6 Å². The van der Waals surface area contributed by atoms with E-state index in [1.807, 2.05) is 35.6 Å². The van der Waals surface area contributed by atoms with Gasteiger partial charge < -0.3 is 15.0 Å². The van der Waals surface area contributed by atoms with E-state index in [1.165, 1.54) is 10.4 Å². The van der Waals surface area contributed by atoms with Crippen molar-refractivity contribution in [3.63, 3.8) is 0 Å². The van der Waals surface area contributed by atoms with Crippen molar-refractivity contribution < 1.29 is 22.7 Å². The van der Waals surface area contributed by atoms with Gasteiger partial charge in [-0.2, -0.15) is 13.2 Å². The van der Waals surface area contributed by atoms with Gasteiger partial charge in [0.25, 0.3) is 5.91 Å². The minimum Gasteiger partial charge on any atom is -0.367 e. The Morgan fingerprint density at radius 2 is 1.81 bits per heavy atom. The summed E-state index contributed by atoms with van der Waals surface area (Å²) in [6.07, 6.45) is -3.31. The van der Waals surface area contributed by atoms with Gasteiger partial charge in [-0.25, -0.2) is 0 Å². The van der Waals surface area contributed by atoms with E-state index in [0.29, 0.717) is 16.8 Å². The molecule has 1 aliphatic heterocycles. The molecule has 0 atom stereocenters. The van der Waals surface area contributed by atoms with Gasteiger partial charge in [-0.05, 0) is 65.4 Å². The number of amides is 1. The fourth-order valence-corrected chi connectivity index (χ4v) is 4.35. The lowest BCUT2D eigenvalue weighted by molar-refractivity contribution is -0.176. The third-order valence-corrected chi connectivity index (χ3v) is 6.07. The minimum absolute atomic E-state index is 0.160. The summed E-state index contributed by atoms with van der Waals surface area (Å²) in [7, 11) is 0. The van der Waals surface area contributed by atoms with Crippen LogP contribution in [0.5, 0.6) is 0 Å². The fraction of sp³-hybridized carbons (Fsp3) is 0.261. The maximum absolute atomic E-state index is 12.5. The van der Waals surface area contributed by atoms with Crippen LogP contribution in [0.1, 0.15) is 26.4 Å². The van der Waals surface area contributed by atoms with Crippen LogP contribution in [0.15, 0.2) is 60.0 Å². The van der Waals surface area contributed by atoms with Crippen molar-refractivity contribution in [1.82, 2.24) is 0 Å². The van der Waals surface area contributed by atoms with Gasteiger partial charge in [0.05, 0.1) is 6.61 Å². The number of anilines is 2. The molecule has 0 aliphatic carbocycles. The van der Waals surface area contributed by atoms with E-state index < -0.39 is 12.8 Å². The monoisotopic (exact) mass is 446 g/mol. The Kier molecular flexibility index (Phi) is 6.29. The highest BCUT2D eigenvalue weighted by atomic mass is 32.1. The molecule has 31 heavy (non-hydrogen) atoms. The normalized spacial score (nSPS) is 13.7. The quantitative estimate of drug-likeness (QED) is 0.533. The summed E-state index contributed by atoms with van der Waals surface area (Å²) in [6, 6.07) is 16.2. The average molecular weight is 446 g/mol. The summed E-state index contributed by atoms with van der Waals surface area (Å²) in [5.41, 5.74) is 4.16. The smallest absolute Gasteiger partial charge is 0.367 e. The predicted molar refractivity (Wildman–Crippen MR) is 116 cm³/mol. The number of nitrogens with zero attached hydrogens (tertiary/aromatic N) is 1. The summed E-state index contributed by atoms with van der Waals surface area (Å²) in [4.78, 5) is 16.2. The van der Waals surface area contributed by atoms with Gasteiger partial charge in [-0.3, -0.25) is 4.79 Å². The van der Waals surface area contributed by atoms with Crippen LogP contribution in [0.3, 0.4) is 0 Å². The summed E-state index contributed by atoms with van der Waals surface area (Å²) in [6.45, 7) is 0.408. The molecule has 0 bridgehead atoms. The van der Waals surface area contributed by atoms with Crippen molar-refractivity contribution in [2.45, 2.75) is 25.7 Å². The van der Waals surface area contributed by atoms with Crippen molar-refractivity contribution in [2.24, 2.45) is 0 Å². The third-order valence-electron chi connectivity index (χ3n) is 5.05. The molecular weight excluding hydrogens is 425 g/mol. The standard InChI is InChI=1S/C23H21F3N2O2S/c24-23(25,26)15-30-14-16-1-3-17(4-2-16)22(29)27-19-5-7-20(8-6-19)28-11-9-21-18(13-28)10-12-31-21/h1-8,10,12H,9,11,13-15H2,(H,27,29). The number of nitrogens with one attached hydrogen (secondary N) is 1. The van der Waals surface area contributed by atoms with Crippen molar-refractivity contribution in [3.05, 3.63) is 81.5 Å². The van der Waals surface area contributed by atoms with Crippen LogP contribution in [-0.2, 0) is 24.3 Å². The molecule has 0 saturated heterocycles. The lowest BCUT2D eigenvalue weighted by Crippen LogP contribution is -2.29. The van der Waals surface area contributed by atoms with Gasteiger partial charge in [0.1, 0.15) is 6.61 Å². The van der Waals surface area contributed by atoms with Crippen LogP contribution >= 0.6 is 11.3 Å². The zero-order valence-electron chi connectivity index (χ0n) is 16.6. The number of alkyl halides is 3. The second-order valence-electron chi connectivity index (χ2n) is 7.35. The van der Waals surface area contributed by atoms with E-state index in [-0.39, 0.29) is 12.5 Å². The third kappa shape index (κ3) is 5.65. The van der Waals surface area contributed by atoms with Gasteiger partial charge in [0.15, 0.2) is 0 Å². The van der Waals surface area contributed by atoms with Crippen LogP contribution in [0, 0.1) is 0 Å². The first-order valence-corrected chi connectivity index (χ1v) is 10.7. The molecule has 1 aromatic heterocycles. The second-order valence-corrected chi connectivity index (χ2v) is 8.35. The Balaban J connectivity index is 1.31. The van der Waals surface area contributed by atoms with Crippen LogP contribution in [-0.4, -0.2) is 25.2 Å². The number of hydrogen-bond acceptors (Lipinski definition) is 4. The van der Waals surface area contributed by atoms with Crippen LogP contribution in [0.25, 0.3) is 0 Å². The van der Waals surface area contributed by atoms with E-state index in [1.54, 1.807) is 24.3 Å². The summed E-state index contributed by atoms with van der Waals surface area (Å²) in [5.74, 6) is -0.281. The molecule has 1 N–H and O–H groups in total. The summed E-state index contributed by atoms with van der Waals surface area (Å²) < 4.78 is 41.0. The van der Waals surface area contributed by atoms with E-state index >= 15 is 0 Å². The van der Waals surface area contributed by atoms with E-state index in [4.69, 9.17) is 0 Å². The Hall–Kier alpha value is -2.84. The van der Waals surface area contributed by atoms with Gasteiger partial charge in [-0.1, -0.05) is 12.1 Å². The van der Waals surface area contributed by atoms with Crippen molar-refractivity contribution in [3.8, 4) is 0 Å². The second kappa shape index (κ2) is 9.11. The SMILES string of the molecule is O=C(Nc1ccc(N2CCc3sccc3C2)cc1)c1ccc(COCC(F)(F)F)cc1. The van der Waals surface area contributed by atoms with Crippen LogP contribution in [0.4, 0.5) is 24.5 Å². The van der Waals surface area contributed by atoms with Gasteiger partial charge in [0, 0.05) is 34.9 Å². The summed E-state index contributed by atoms with van der Waals surface area (Å²) >= 11 is 1.81. The Bertz CT molecular complexity index is 1030. The molecule has 1 amide bonds. The number of benzene rings is 2. The number of rotatable bonds is 6. The molecule has 1 aliphatic rings. The number of halogens is 3. The molecule has 8 heteroatoms. The van der Waals surface area contributed by atoms with Gasteiger partial charge >= 0.3 is 6.18 Å². The van der Waals surface area contributed by atoms with Gasteiger partial charge in [0.2, 0.25) is 0 Å². The molecule has 4 rings (SSSR count). The molecule has 0 spiro atoms. The number of hydrogen-bond donors (Lipinski definition) is 1. The van der Waals surface area contributed by atoms with Crippen molar-refractivity contribution in [2.75, 3.05) is 23.4 Å². The number of carbonyl (C=O) groups excluding carboxylic acids is 1. The lowest BCUT2D eigenvalue weighted by atomic mass is 10.1. The Labute approximate surface area is 182 Å². The molecule has 162 valence electrons. The van der Waals surface area contributed by atoms with E-state index in [0.717, 1.165) is 25.2 Å². The van der Waals surface area contributed by atoms with E-state index in [2.05, 4.69) is 26.4 Å². The first-order valence-electron chi connectivity index (χ1n) is 9.82. The molecule has 2 aromatic carbocycles. The Morgan fingerprint density at radius 1 is 1.06 bits per heavy atom. The number of ether oxygens (including phenoxy) is 1. The molecule has 0 fully saturated rings. The largest absolute Gasteiger partial charge is 0.411 e. The molecule has 2 heterocycles. The number of thiophene rings is 1. The first-order chi connectivity index (χ1) is 14.9. The molecule has 0 radical (unpaired) electrons. The van der Waals surface area contributed by atoms with Crippen molar-refractivity contribution in [1.29, 1.82) is 0 Å². The lowest BCUT2D eigenvalue weighted by Gasteiger charge is -2.29. The highest BCUT2D eigenvalue weighted by Crippen LogP contribution is 2.28. The van der Waals surface area contributed by atoms with E-state index in [9.17, 15) is 18.0 Å². The Morgan fingerprint density at radius 3 is 2.52 bits per heavy atom.